The standard InChI is InChI=1S/C17H24N2O/c1-6-15-10-16(19(5)18-15)11-17(4,20)14-8-7-12(2)13(3)9-14/h7-10,20H,6,11H2,1-5H3. The predicted molar refractivity (Wildman–Crippen MR) is 81.8 cm³/mol. The number of hydrogen-bond acceptors (Lipinski definition) is 2. The minimum atomic E-state index is -0.878. The van der Waals surface area contributed by atoms with Crippen LogP contribution in [-0.4, -0.2) is 14.9 Å². The van der Waals surface area contributed by atoms with Crippen LogP contribution in [0, 0.1) is 13.8 Å². The van der Waals surface area contributed by atoms with E-state index in [9.17, 15) is 5.11 Å². The summed E-state index contributed by atoms with van der Waals surface area (Å²) in [5.74, 6) is 0. The average molecular weight is 272 g/mol. The van der Waals surface area contributed by atoms with Gasteiger partial charge in [-0.05, 0) is 49.9 Å². The highest BCUT2D eigenvalue weighted by Crippen LogP contribution is 2.27. The Kier molecular flexibility index (Phi) is 4.00. The summed E-state index contributed by atoms with van der Waals surface area (Å²) in [6, 6.07) is 8.24. The first-order chi connectivity index (χ1) is 9.33. The van der Waals surface area contributed by atoms with E-state index in [1.165, 1.54) is 11.1 Å². The van der Waals surface area contributed by atoms with Crippen LogP contribution in [0.1, 0.15) is 41.9 Å². The molecule has 0 aliphatic heterocycles. The Morgan fingerprint density at radius 1 is 1.20 bits per heavy atom. The molecule has 1 aromatic heterocycles. The van der Waals surface area contributed by atoms with E-state index in [0.29, 0.717) is 6.42 Å². The van der Waals surface area contributed by atoms with Gasteiger partial charge in [0, 0.05) is 19.2 Å². The molecule has 1 unspecified atom stereocenters. The van der Waals surface area contributed by atoms with Crippen LogP contribution in [0.3, 0.4) is 0 Å². The highest BCUT2D eigenvalue weighted by atomic mass is 16.3. The maximum absolute atomic E-state index is 10.8. The summed E-state index contributed by atoms with van der Waals surface area (Å²) in [4.78, 5) is 0. The maximum atomic E-state index is 10.8. The molecule has 0 radical (unpaired) electrons. The second-order valence-corrected chi connectivity index (χ2v) is 5.85. The summed E-state index contributed by atoms with van der Waals surface area (Å²) >= 11 is 0. The Labute approximate surface area is 121 Å². The first-order valence-corrected chi connectivity index (χ1v) is 7.15. The third-order valence-corrected chi connectivity index (χ3v) is 4.04. The van der Waals surface area contributed by atoms with Crippen molar-refractivity contribution in [1.82, 2.24) is 9.78 Å². The highest BCUT2D eigenvalue weighted by molar-refractivity contribution is 5.33. The SMILES string of the molecule is CCc1cc(CC(C)(O)c2ccc(C)c(C)c2)n(C)n1. The first-order valence-electron chi connectivity index (χ1n) is 7.15. The molecule has 0 saturated carbocycles. The zero-order chi connectivity index (χ0) is 14.9. The molecular weight excluding hydrogens is 248 g/mol. The van der Waals surface area contributed by atoms with Gasteiger partial charge < -0.3 is 5.11 Å². The van der Waals surface area contributed by atoms with Crippen LogP contribution in [0.4, 0.5) is 0 Å². The van der Waals surface area contributed by atoms with Crippen molar-refractivity contribution in [3.05, 3.63) is 52.3 Å². The molecule has 1 N–H and O–H groups in total. The van der Waals surface area contributed by atoms with Gasteiger partial charge in [-0.1, -0.05) is 25.1 Å². The van der Waals surface area contributed by atoms with Crippen LogP contribution in [0.15, 0.2) is 24.3 Å². The van der Waals surface area contributed by atoms with Gasteiger partial charge in [0.05, 0.1) is 11.3 Å². The summed E-state index contributed by atoms with van der Waals surface area (Å²) in [7, 11) is 1.94. The van der Waals surface area contributed by atoms with Crippen molar-refractivity contribution >= 4 is 0 Å². The average Bonchev–Trinajstić information content (AvgIpc) is 2.73. The van der Waals surface area contributed by atoms with Crippen molar-refractivity contribution < 1.29 is 5.11 Å². The Hall–Kier alpha value is -1.61. The number of benzene rings is 1. The molecule has 0 fully saturated rings. The molecule has 1 atom stereocenters. The van der Waals surface area contributed by atoms with Crippen molar-refractivity contribution in [3.8, 4) is 0 Å². The number of aryl methyl sites for hydroxylation is 4. The Balaban J connectivity index is 2.29. The van der Waals surface area contributed by atoms with Gasteiger partial charge >= 0.3 is 0 Å². The number of aliphatic hydroxyl groups is 1. The second kappa shape index (κ2) is 5.41. The van der Waals surface area contributed by atoms with Gasteiger partial charge in [0.25, 0.3) is 0 Å². The minimum Gasteiger partial charge on any atom is -0.385 e. The lowest BCUT2D eigenvalue weighted by Gasteiger charge is -2.24. The lowest BCUT2D eigenvalue weighted by Crippen LogP contribution is -2.25. The van der Waals surface area contributed by atoms with Gasteiger partial charge in [-0.2, -0.15) is 5.10 Å². The van der Waals surface area contributed by atoms with Crippen molar-refractivity contribution in [2.45, 2.75) is 46.1 Å². The molecule has 20 heavy (non-hydrogen) atoms. The molecule has 2 aromatic rings. The lowest BCUT2D eigenvalue weighted by molar-refractivity contribution is 0.0555. The van der Waals surface area contributed by atoms with E-state index in [1.807, 2.05) is 24.7 Å². The van der Waals surface area contributed by atoms with Gasteiger partial charge in [-0.25, -0.2) is 0 Å². The molecule has 1 aromatic carbocycles. The molecule has 3 nitrogen and oxygen atoms in total. The van der Waals surface area contributed by atoms with E-state index in [2.05, 4.69) is 44.1 Å². The van der Waals surface area contributed by atoms with E-state index in [-0.39, 0.29) is 0 Å². The Morgan fingerprint density at radius 2 is 1.90 bits per heavy atom. The van der Waals surface area contributed by atoms with E-state index < -0.39 is 5.60 Å². The van der Waals surface area contributed by atoms with Gasteiger partial charge in [-0.3, -0.25) is 4.68 Å². The minimum absolute atomic E-state index is 0.568. The monoisotopic (exact) mass is 272 g/mol. The fourth-order valence-corrected chi connectivity index (χ4v) is 2.44. The number of rotatable bonds is 4. The van der Waals surface area contributed by atoms with Crippen molar-refractivity contribution in [3.63, 3.8) is 0 Å². The van der Waals surface area contributed by atoms with Crippen LogP contribution in [0.25, 0.3) is 0 Å². The van der Waals surface area contributed by atoms with E-state index in [0.717, 1.165) is 23.4 Å². The predicted octanol–water partition coefficient (Wildman–Crippen LogP) is 3.05. The fourth-order valence-electron chi connectivity index (χ4n) is 2.44. The summed E-state index contributed by atoms with van der Waals surface area (Å²) in [5, 5.41) is 15.3. The fraction of sp³-hybridized carbons (Fsp3) is 0.471. The highest BCUT2D eigenvalue weighted by Gasteiger charge is 2.25. The zero-order valence-electron chi connectivity index (χ0n) is 13.1. The van der Waals surface area contributed by atoms with Gasteiger partial charge in [0.1, 0.15) is 0 Å². The third kappa shape index (κ3) is 2.93. The molecule has 0 saturated heterocycles. The lowest BCUT2D eigenvalue weighted by atomic mass is 9.89. The quantitative estimate of drug-likeness (QED) is 0.929. The van der Waals surface area contributed by atoms with Crippen LogP contribution < -0.4 is 0 Å². The molecule has 0 amide bonds. The smallest absolute Gasteiger partial charge is 0.0923 e. The van der Waals surface area contributed by atoms with E-state index in [1.54, 1.807) is 0 Å². The largest absolute Gasteiger partial charge is 0.385 e. The first kappa shape index (κ1) is 14.8. The second-order valence-electron chi connectivity index (χ2n) is 5.85. The summed E-state index contributed by atoms with van der Waals surface area (Å²) in [6.45, 7) is 8.12. The maximum Gasteiger partial charge on any atom is 0.0923 e. The Bertz CT molecular complexity index is 611. The molecule has 108 valence electrons. The van der Waals surface area contributed by atoms with E-state index >= 15 is 0 Å². The number of hydrogen-bond donors (Lipinski definition) is 1. The van der Waals surface area contributed by atoms with Crippen LogP contribution in [0.5, 0.6) is 0 Å². The van der Waals surface area contributed by atoms with Crippen LogP contribution in [-0.2, 0) is 25.5 Å². The normalized spacial score (nSPS) is 14.3. The van der Waals surface area contributed by atoms with E-state index in [4.69, 9.17) is 0 Å². The van der Waals surface area contributed by atoms with Gasteiger partial charge in [0.15, 0.2) is 0 Å². The number of nitrogens with zero attached hydrogens (tertiary/aromatic N) is 2. The molecule has 0 bridgehead atoms. The van der Waals surface area contributed by atoms with Gasteiger partial charge in [-0.15, -0.1) is 0 Å². The summed E-state index contributed by atoms with van der Waals surface area (Å²) in [6.07, 6.45) is 1.48. The van der Waals surface area contributed by atoms with Crippen LogP contribution in [0.2, 0.25) is 0 Å². The van der Waals surface area contributed by atoms with Crippen molar-refractivity contribution in [2.75, 3.05) is 0 Å². The van der Waals surface area contributed by atoms with Crippen molar-refractivity contribution in [1.29, 1.82) is 0 Å². The zero-order valence-corrected chi connectivity index (χ0v) is 13.1. The molecule has 0 aliphatic carbocycles. The molecule has 2 rings (SSSR count). The molecule has 3 heteroatoms. The number of aromatic nitrogens is 2. The molecule has 1 heterocycles. The summed E-state index contributed by atoms with van der Waals surface area (Å²) in [5.41, 5.74) is 4.67. The molecular formula is C17H24N2O. The third-order valence-electron chi connectivity index (χ3n) is 4.04. The van der Waals surface area contributed by atoms with Crippen LogP contribution >= 0.6 is 0 Å². The molecule has 0 spiro atoms. The topological polar surface area (TPSA) is 38.0 Å². The Morgan fingerprint density at radius 3 is 2.45 bits per heavy atom. The van der Waals surface area contributed by atoms with Gasteiger partial charge in [0.2, 0.25) is 0 Å². The molecule has 0 aliphatic rings. The van der Waals surface area contributed by atoms with Crippen molar-refractivity contribution in [2.24, 2.45) is 7.05 Å². The summed E-state index contributed by atoms with van der Waals surface area (Å²) < 4.78 is 1.87.